The lowest BCUT2D eigenvalue weighted by molar-refractivity contribution is 0.0937. The zero-order chi connectivity index (χ0) is 22.4. The van der Waals surface area contributed by atoms with Crippen molar-refractivity contribution in [2.24, 2.45) is 0 Å². The Kier molecular flexibility index (Phi) is 8.11. The van der Waals surface area contributed by atoms with Gasteiger partial charge in [0.25, 0.3) is 5.91 Å². The van der Waals surface area contributed by atoms with E-state index in [1.165, 1.54) is 16.4 Å². The molecule has 0 radical (unpaired) electrons. The Bertz CT molecular complexity index is 1000. The predicted molar refractivity (Wildman–Crippen MR) is 124 cm³/mol. The van der Waals surface area contributed by atoms with E-state index in [0.29, 0.717) is 30.2 Å². The van der Waals surface area contributed by atoms with Crippen molar-refractivity contribution in [3.05, 3.63) is 64.7 Å². The highest BCUT2D eigenvalue weighted by Crippen LogP contribution is 2.29. The van der Waals surface area contributed by atoms with Gasteiger partial charge in [-0.05, 0) is 55.8 Å². The molecule has 2 aromatic rings. The first kappa shape index (κ1) is 23.7. The third-order valence-electron chi connectivity index (χ3n) is 5.74. The fourth-order valence-electron chi connectivity index (χ4n) is 4.04. The summed E-state index contributed by atoms with van der Waals surface area (Å²) in [6, 6.07) is 13.9. The maximum Gasteiger partial charge on any atom is 0.251 e. The zero-order valence-corrected chi connectivity index (χ0v) is 19.6. The van der Waals surface area contributed by atoms with Gasteiger partial charge in [-0.25, -0.2) is 8.42 Å². The van der Waals surface area contributed by atoms with Crippen LogP contribution in [0.4, 0.5) is 0 Å². The van der Waals surface area contributed by atoms with Crippen molar-refractivity contribution >= 4 is 27.5 Å². The van der Waals surface area contributed by atoms with Crippen LogP contribution in [-0.2, 0) is 10.0 Å². The summed E-state index contributed by atoms with van der Waals surface area (Å²) < 4.78 is 27.0. The van der Waals surface area contributed by atoms with Crippen LogP contribution in [0, 0.1) is 0 Å². The number of benzene rings is 2. The Labute approximate surface area is 190 Å². The van der Waals surface area contributed by atoms with Crippen molar-refractivity contribution in [2.75, 3.05) is 32.7 Å². The Balaban J connectivity index is 1.78. The second-order valence-corrected chi connectivity index (χ2v) is 9.95. The summed E-state index contributed by atoms with van der Waals surface area (Å²) in [5, 5.41) is 3.67. The van der Waals surface area contributed by atoms with Gasteiger partial charge in [0.1, 0.15) is 0 Å². The number of carbonyl (C=O) groups is 1. The Hall–Kier alpha value is -1.93. The molecule has 8 heteroatoms. The van der Waals surface area contributed by atoms with Crippen LogP contribution in [0.15, 0.2) is 53.4 Å². The maximum atomic E-state index is 12.9. The fourth-order valence-corrected chi connectivity index (χ4v) is 5.80. The van der Waals surface area contributed by atoms with E-state index in [2.05, 4.69) is 10.2 Å². The van der Waals surface area contributed by atoms with E-state index >= 15 is 0 Å². The number of sulfonamides is 1. The highest BCUT2D eigenvalue weighted by molar-refractivity contribution is 7.89. The highest BCUT2D eigenvalue weighted by Gasteiger charge is 2.26. The van der Waals surface area contributed by atoms with Crippen LogP contribution in [0.5, 0.6) is 0 Å². The maximum absolute atomic E-state index is 12.9. The molecular formula is C23H30ClN3O3S. The SMILES string of the molecule is CCN(CC)S(=O)(=O)c1cccc(C(=O)NCC(c2ccccc2Cl)N2CCCC2)c1. The monoisotopic (exact) mass is 463 g/mol. The smallest absolute Gasteiger partial charge is 0.251 e. The van der Waals surface area contributed by atoms with E-state index in [0.717, 1.165) is 31.5 Å². The average molecular weight is 464 g/mol. The quantitative estimate of drug-likeness (QED) is 0.611. The zero-order valence-electron chi connectivity index (χ0n) is 18.1. The first-order chi connectivity index (χ1) is 14.9. The normalized spacial score (nSPS) is 15.9. The second-order valence-electron chi connectivity index (χ2n) is 7.61. The highest BCUT2D eigenvalue weighted by atomic mass is 35.5. The Morgan fingerprint density at radius 2 is 1.77 bits per heavy atom. The average Bonchev–Trinajstić information content (AvgIpc) is 3.30. The minimum absolute atomic E-state index is 0.0252. The number of carbonyl (C=O) groups excluding carboxylic acids is 1. The molecule has 1 saturated heterocycles. The molecule has 0 spiro atoms. The van der Waals surface area contributed by atoms with Gasteiger partial charge in [0.05, 0.1) is 10.9 Å². The Morgan fingerprint density at radius 3 is 2.42 bits per heavy atom. The molecule has 0 aromatic heterocycles. The molecular weight excluding hydrogens is 434 g/mol. The lowest BCUT2D eigenvalue weighted by Gasteiger charge is -2.29. The largest absolute Gasteiger partial charge is 0.350 e. The van der Waals surface area contributed by atoms with Gasteiger partial charge >= 0.3 is 0 Å². The van der Waals surface area contributed by atoms with Crippen molar-refractivity contribution in [1.29, 1.82) is 0 Å². The van der Waals surface area contributed by atoms with E-state index in [4.69, 9.17) is 11.6 Å². The molecule has 1 fully saturated rings. The minimum atomic E-state index is -3.62. The molecule has 1 aliphatic rings. The first-order valence-corrected chi connectivity index (χ1v) is 12.6. The number of nitrogens with one attached hydrogen (secondary N) is 1. The van der Waals surface area contributed by atoms with Crippen LogP contribution in [0.25, 0.3) is 0 Å². The summed E-state index contributed by atoms with van der Waals surface area (Å²) in [4.78, 5) is 15.4. The molecule has 0 aliphatic carbocycles. The molecule has 168 valence electrons. The molecule has 31 heavy (non-hydrogen) atoms. The van der Waals surface area contributed by atoms with E-state index in [1.54, 1.807) is 26.0 Å². The number of amides is 1. The van der Waals surface area contributed by atoms with E-state index in [1.807, 2.05) is 24.3 Å². The van der Waals surface area contributed by atoms with Gasteiger partial charge in [0.15, 0.2) is 0 Å². The lowest BCUT2D eigenvalue weighted by atomic mass is 10.0. The number of rotatable bonds is 9. The fraction of sp³-hybridized carbons (Fsp3) is 0.435. The van der Waals surface area contributed by atoms with Gasteiger partial charge in [0.2, 0.25) is 10.0 Å². The molecule has 6 nitrogen and oxygen atoms in total. The molecule has 1 atom stereocenters. The molecule has 1 unspecified atom stereocenters. The van der Waals surface area contributed by atoms with Gasteiger partial charge in [-0.1, -0.05) is 49.7 Å². The topological polar surface area (TPSA) is 69.7 Å². The molecule has 1 heterocycles. The molecule has 3 rings (SSSR count). The van der Waals surface area contributed by atoms with Crippen LogP contribution in [0.3, 0.4) is 0 Å². The van der Waals surface area contributed by atoms with Crippen LogP contribution >= 0.6 is 11.6 Å². The Morgan fingerprint density at radius 1 is 1.10 bits per heavy atom. The van der Waals surface area contributed by atoms with Crippen LogP contribution < -0.4 is 5.32 Å². The summed E-state index contributed by atoms with van der Waals surface area (Å²) >= 11 is 6.45. The van der Waals surface area contributed by atoms with Crippen molar-refractivity contribution < 1.29 is 13.2 Å². The van der Waals surface area contributed by atoms with Gasteiger partial charge in [-0.15, -0.1) is 0 Å². The summed E-state index contributed by atoms with van der Waals surface area (Å²) in [6.07, 6.45) is 2.25. The van der Waals surface area contributed by atoms with Gasteiger partial charge in [-0.2, -0.15) is 4.31 Å². The predicted octanol–water partition coefficient (Wildman–Crippen LogP) is 3.94. The first-order valence-electron chi connectivity index (χ1n) is 10.7. The summed E-state index contributed by atoms with van der Waals surface area (Å²) in [5.41, 5.74) is 1.32. The number of nitrogens with zero attached hydrogens (tertiary/aromatic N) is 2. The number of likely N-dealkylation sites (tertiary alicyclic amines) is 1. The van der Waals surface area contributed by atoms with E-state index < -0.39 is 10.0 Å². The number of hydrogen-bond donors (Lipinski definition) is 1. The van der Waals surface area contributed by atoms with Gasteiger partial charge < -0.3 is 5.32 Å². The molecule has 0 saturated carbocycles. The van der Waals surface area contributed by atoms with E-state index in [9.17, 15) is 13.2 Å². The van der Waals surface area contributed by atoms with Crippen molar-refractivity contribution in [2.45, 2.75) is 37.6 Å². The van der Waals surface area contributed by atoms with Crippen LogP contribution in [0.1, 0.15) is 48.7 Å². The summed E-state index contributed by atoms with van der Waals surface area (Å²) in [7, 11) is -3.62. The van der Waals surface area contributed by atoms with Gasteiger partial charge in [-0.3, -0.25) is 9.69 Å². The summed E-state index contributed by atoms with van der Waals surface area (Å²) in [6.45, 7) is 6.67. The van der Waals surface area contributed by atoms with Crippen molar-refractivity contribution in [3.63, 3.8) is 0 Å². The van der Waals surface area contributed by atoms with E-state index in [-0.39, 0.29) is 16.8 Å². The minimum Gasteiger partial charge on any atom is -0.350 e. The second kappa shape index (κ2) is 10.6. The molecule has 1 amide bonds. The molecule has 0 bridgehead atoms. The molecule has 1 N–H and O–H groups in total. The standard InChI is InChI=1S/C23H30ClN3O3S/c1-3-27(4-2)31(29,30)19-11-9-10-18(16-19)23(28)25-17-22(26-14-7-8-15-26)20-12-5-6-13-21(20)24/h5-6,9-13,16,22H,3-4,7-8,14-15,17H2,1-2H3,(H,25,28). The van der Waals surface area contributed by atoms with Crippen molar-refractivity contribution in [1.82, 2.24) is 14.5 Å². The number of hydrogen-bond acceptors (Lipinski definition) is 4. The van der Waals surface area contributed by atoms with Crippen LogP contribution in [0.2, 0.25) is 5.02 Å². The third-order valence-corrected chi connectivity index (χ3v) is 8.13. The van der Waals surface area contributed by atoms with Gasteiger partial charge in [0, 0.05) is 30.2 Å². The summed E-state index contributed by atoms with van der Waals surface area (Å²) in [5.74, 6) is -0.298. The number of halogens is 1. The third kappa shape index (κ3) is 5.47. The van der Waals surface area contributed by atoms with Crippen molar-refractivity contribution in [3.8, 4) is 0 Å². The molecule has 2 aromatic carbocycles. The lowest BCUT2D eigenvalue weighted by Crippen LogP contribution is -2.37. The van der Waals surface area contributed by atoms with Crippen LogP contribution in [-0.4, -0.2) is 56.3 Å². The molecule has 1 aliphatic heterocycles.